The van der Waals surface area contributed by atoms with E-state index in [1.165, 1.54) is 12.0 Å². The van der Waals surface area contributed by atoms with E-state index in [1.54, 1.807) is 66.9 Å². The van der Waals surface area contributed by atoms with E-state index in [9.17, 15) is 14.4 Å². The first-order chi connectivity index (χ1) is 18.0. The molecular formula is C30H21N3O4. The van der Waals surface area contributed by atoms with Crippen LogP contribution in [0.1, 0.15) is 47.9 Å². The molecule has 0 saturated carbocycles. The van der Waals surface area contributed by atoms with E-state index in [4.69, 9.17) is 4.74 Å². The van der Waals surface area contributed by atoms with E-state index in [1.807, 2.05) is 24.3 Å². The van der Waals surface area contributed by atoms with Crippen LogP contribution < -0.4 is 10.1 Å². The van der Waals surface area contributed by atoms with Crippen LogP contribution in [0.5, 0.6) is 5.75 Å². The van der Waals surface area contributed by atoms with Gasteiger partial charge in [-0.15, -0.1) is 0 Å². The van der Waals surface area contributed by atoms with Gasteiger partial charge in [0.2, 0.25) is 0 Å². The van der Waals surface area contributed by atoms with Crippen molar-refractivity contribution < 1.29 is 19.1 Å². The Kier molecular flexibility index (Phi) is 6.47. The number of amides is 3. The molecule has 0 aliphatic carbocycles. The van der Waals surface area contributed by atoms with E-state index in [0.717, 1.165) is 5.56 Å². The lowest BCUT2D eigenvalue weighted by atomic mass is 10.1. The average Bonchev–Trinajstić information content (AvgIpc) is 3.17. The molecule has 3 amide bonds. The summed E-state index contributed by atoms with van der Waals surface area (Å²) in [7, 11) is 1.48. The second kappa shape index (κ2) is 10.2. The maximum absolute atomic E-state index is 13.2. The van der Waals surface area contributed by atoms with Crippen LogP contribution in [0, 0.1) is 11.8 Å². The molecule has 180 valence electrons. The zero-order valence-electron chi connectivity index (χ0n) is 19.9. The van der Waals surface area contributed by atoms with Crippen LogP contribution in [0.4, 0.5) is 5.69 Å². The summed E-state index contributed by atoms with van der Waals surface area (Å²) in [5, 5.41) is 2.87. The van der Waals surface area contributed by atoms with Crippen LogP contribution in [-0.2, 0) is 6.54 Å². The second-order valence-electron chi connectivity index (χ2n) is 8.28. The molecule has 1 N–H and O–H groups in total. The number of aromatic nitrogens is 1. The van der Waals surface area contributed by atoms with E-state index >= 15 is 0 Å². The number of benzene rings is 3. The monoisotopic (exact) mass is 487 g/mol. The number of rotatable bonds is 5. The lowest BCUT2D eigenvalue weighted by Crippen LogP contribution is -2.29. The summed E-state index contributed by atoms with van der Waals surface area (Å²) in [6.07, 6.45) is 1.68. The highest BCUT2D eigenvalue weighted by atomic mass is 16.5. The summed E-state index contributed by atoms with van der Waals surface area (Å²) < 4.78 is 5.40. The predicted octanol–water partition coefficient (Wildman–Crippen LogP) is 4.54. The third-order valence-corrected chi connectivity index (χ3v) is 5.85. The van der Waals surface area contributed by atoms with Crippen LogP contribution in [0.2, 0.25) is 0 Å². The zero-order chi connectivity index (χ0) is 25.8. The number of nitrogens with one attached hydrogen (secondary N) is 1. The fourth-order valence-electron chi connectivity index (χ4n) is 4.04. The van der Waals surface area contributed by atoms with Crippen molar-refractivity contribution in [3.8, 4) is 17.6 Å². The standard InChI is InChI=1S/C30H21N3O4/c1-37-27-15-13-21(19-33-29(35)24-10-2-3-11-25(24)30(33)36)18-26(27)28(34)32-23-9-6-7-20(17-23)12-14-22-8-4-5-16-31-22/h2-11,13,15-18H,19H2,1H3,(H,32,34). The number of hydrogen-bond donors (Lipinski definition) is 1. The van der Waals surface area contributed by atoms with E-state index in [-0.39, 0.29) is 23.9 Å². The van der Waals surface area contributed by atoms with Crippen LogP contribution in [-0.4, -0.2) is 34.7 Å². The molecule has 1 aliphatic rings. The quantitative estimate of drug-likeness (QED) is 0.330. The van der Waals surface area contributed by atoms with Gasteiger partial charge in [-0.05, 0) is 66.1 Å². The van der Waals surface area contributed by atoms with E-state index in [2.05, 4.69) is 22.1 Å². The number of fused-ring (bicyclic) bond motifs is 1. The minimum atomic E-state index is -0.393. The number of carbonyl (C=O) groups is 3. The van der Waals surface area contributed by atoms with Gasteiger partial charge < -0.3 is 10.1 Å². The molecule has 0 spiro atoms. The summed E-state index contributed by atoms with van der Waals surface area (Å²) in [4.78, 5) is 44.1. The minimum Gasteiger partial charge on any atom is -0.496 e. The van der Waals surface area contributed by atoms with Crippen molar-refractivity contribution in [1.82, 2.24) is 9.88 Å². The third kappa shape index (κ3) is 4.95. The first kappa shape index (κ1) is 23.5. The third-order valence-electron chi connectivity index (χ3n) is 5.85. The molecule has 1 aliphatic heterocycles. The Morgan fingerprint density at radius 1 is 0.892 bits per heavy atom. The smallest absolute Gasteiger partial charge is 0.261 e. The molecule has 0 radical (unpaired) electrons. The predicted molar refractivity (Wildman–Crippen MR) is 138 cm³/mol. The number of carbonyl (C=O) groups excluding carboxylic acids is 3. The maximum Gasteiger partial charge on any atom is 0.261 e. The minimum absolute atomic E-state index is 0.0369. The summed E-state index contributed by atoms with van der Waals surface area (Å²) in [5.41, 5.74) is 3.59. The summed E-state index contributed by atoms with van der Waals surface area (Å²) in [6, 6.07) is 24.4. The maximum atomic E-state index is 13.2. The molecule has 2 heterocycles. The molecule has 0 fully saturated rings. The number of nitrogens with zero attached hydrogens (tertiary/aromatic N) is 2. The molecule has 4 aromatic rings. The molecule has 37 heavy (non-hydrogen) atoms. The van der Waals surface area contributed by atoms with Crippen LogP contribution in [0.25, 0.3) is 0 Å². The fraction of sp³-hybridized carbons (Fsp3) is 0.0667. The Hall–Kier alpha value is -5.22. The Morgan fingerprint density at radius 3 is 2.35 bits per heavy atom. The van der Waals surface area contributed by atoms with Gasteiger partial charge in [-0.3, -0.25) is 19.3 Å². The lowest BCUT2D eigenvalue weighted by molar-refractivity contribution is 0.0642. The van der Waals surface area contributed by atoms with Gasteiger partial charge >= 0.3 is 0 Å². The first-order valence-electron chi connectivity index (χ1n) is 11.5. The largest absolute Gasteiger partial charge is 0.496 e. The average molecular weight is 488 g/mol. The Morgan fingerprint density at radius 2 is 1.65 bits per heavy atom. The van der Waals surface area contributed by atoms with Gasteiger partial charge in [0.15, 0.2) is 0 Å². The fourth-order valence-corrected chi connectivity index (χ4v) is 4.04. The highest BCUT2D eigenvalue weighted by molar-refractivity contribution is 6.21. The molecule has 5 rings (SSSR count). The zero-order valence-corrected chi connectivity index (χ0v) is 19.9. The van der Waals surface area contributed by atoms with Gasteiger partial charge in [-0.2, -0.15) is 0 Å². The van der Waals surface area contributed by atoms with Gasteiger partial charge in [0.1, 0.15) is 11.4 Å². The highest BCUT2D eigenvalue weighted by Gasteiger charge is 2.35. The van der Waals surface area contributed by atoms with Crippen LogP contribution >= 0.6 is 0 Å². The number of pyridine rings is 1. The number of anilines is 1. The normalized spacial score (nSPS) is 12.0. The summed E-state index contributed by atoms with van der Waals surface area (Å²) in [5.74, 6) is 5.30. The summed E-state index contributed by atoms with van der Waals surface area (Å²) >= 11 is 0. The first-order valence-corrected chi connectivity index (χ1v) is 11.5. The van der Waals surface area contributed by atoms with Gasteiger partial charge in [-0.25, -0.2) is 4.98 Å². The molecule has 7 heteroatoms. The SMILES string of the molecule is COc1ccc(CN2C(=O)c3ccccc3C2=O)cc1C(=O)Nc1cccc(C#Cc2ccccn2)c1. The van der Waals surface area contributed by atoms with Crippen molar-refractivity contribution in [1.29, 1.82) is 0 Å². The van der Waals surface area contributed by atoms with Crippen molar-refractivity contribution in [2.75, 3.05) is 12.4 Å². The van der Waals surface area contributed by atoms with Crippen molar-refractivity contribution in [2.45, 2.75) is 6.54 Å². The molecule has 0 atom stereocenters. The Labute approximate surface area is 213 Å². The highest BCUT2D eigenvalue weighted by Crippen LogP contribution is 2.27. The molecule has 3 aromatic carbocycles. The topological polar surface area (TPSA) is 88.6 Å². The van der Waals surface area contributed by atoms with Crippen LogP contribution in [0.15, 0.2) is 91.1 Å². The molecule has 0 saturated heterocycles. The molecule has 1 aromatic heterocycles. The number of ether oxygens (including phenoxy) is 1. The van der Waals surface area contributed by atoms with E-state index in [0.29, 0.717) is 33.8 Å². The van der Waals surface area contributed by atoms with Gasteiger partial charge in [0, 0.05) is 17.4 Å². The van der Waals surface area contributed by atoms with Crippen LogP contribution in [0.3, 0.4) is 0 Å². The van der Waals surface area contributed by atoms with Gasteiger partial charge in [0.05, 0.1) is 30.3 Å². The number of imide groups is 1. The van der Waals surface area contributed by atoms with Crippen molar-refractivity contribution in [2.24, 2.45) is 0 Å². The van der Waals surface area contributed by atoms with Gasteiger partial charge in [-0.1, -0.05) is 36.3 Å². The number of hydrogen-bond acceptors (Lipinski definition) is 5. The summed E-state index contributed by atoms with van der Waals surface area (Å²) in [6.45, 7) is 0.0369. The second-order valence-corrected chi connectivity index (χ2v) is 8.28. The molecule has 0 bridgehead atoms. The molecular weight excluding hydrogens is 466 g/mol. The number of methoxy groups -OCH3 is 1. The molecule has 0 unspecified atom stereocenters. The van der Waals surface area contributed by atoms with Crippen molar-refractivity contribution in [3.05, 3.63) is 125 Å². The Balaban J connectivity index is 1.35. The Bertz CT molecular complexity index is 1550. The molecule has 7 nitrogen and oxygen atoms in total. The van der Waals surface area contributed by atoms with E-state index < -0.39 is 5.91 Å². The van der Waals surface area contributed by atoms with Crippen molar-refractivity contribution in [3.63, 3.8) is 0 Å². The lowest BCUT2D eigenvalue weighted by Gasteiger charge is -2.16. The van der Waals surface area contributed by atoms with Gasteiger partial charge in [0.25, 0.3) is 17.7 Å². The van der Waals surface area contributed by atoms with Crippen molar-refractivity contribution >= 4 is 23.4 Å².